The van der Waals surface area contributed by atoms with Crippen LogP contribution in [0.15, 0.2) is 40.3 Å². The third-order valence-corrected chi connectivity index (χ3v) is 3.78. The van der Waals surface area contributed by atoms with Gasteiger partial charge in [0.25, 0.3) is 11.6 Å². The van der Waals surface area contributed by atoms with E-state index in [0.717, 1.165) is 0 Å². The van der Waals surface area contributed by atoms with Crippen LogP contribution >= 0.6 is 0 Å². The molecule has 0 saturated carbocycles. The second-order valence-corrected chi connectivity index (χ2v) is 5.73. The van der Waals surface area contributed by atoms with Gasteiger partial charge in [-0.2, -0.15) is 5.26 Å². The lowest BCUT2D eigenvalue weighted by atomic mass is 10.1. The first kappa shape index (κ1) is 19.9. The van der Waals surface area contributed by atoms with E-state index in [0.29, 0.717) is 42.2 Å². The summed E-state index contributed by atoms with van der Waals surface area (Å²) in [5.41, 5.74) is 1.31. The topological polar surface area (TPSA) is 118 Å². The Kier molecular flexibility index (Phi) is 6.86. The molecule has 0 radical (unpaired) electrons. The van der Waals surface area contributed by atoms with Crippen LogP contribution in [-0.2, 0) is 9.53 Å². The van der Waals surface area contributed by atoms with Gasteiger partial charge in [-0.25, -0.2) is 0 Å². The molecule has 0 spiro atoms. The maximum Gasteiger partial charge on any atom is 0.269 e. The Balaban J connectivity index is 2.16. The summed E-state index contributed by atoms with van der Waals surface area (Å²) in [4.78, 5) is 22.4. The molecule has 1 aromatic heterocycles. The van der Waals surface area contributed by atoms with Crippen molar-refractivity contribution >= 4 is 17.7 Å². The fourth-order valence-electron chi connectivity index (χ4n) is 2.42. The van der Waals surface area contributed by atoms with E-state index in [2.05, 4.69) is 5.32 Å². The first-order valence-corrected chi connectivity index (χ1v) is 8.20. The Bertz CT molecular complexity index is 908. The van der Waals surface area contributed by atoms with Crippen LogP contribution in [0.25, 0.3) is 17.4 Å². The highest BCUT2D eigenvalue weighted by Crippen LogP contribution is 2.29. The summed E-state index contributed by atoms with van der Waals surface area (Å²) in [6.45, 7) is 2.66. The number of ether oxygens (including phenoxy) is 1. The summed E-state index contributed by atoms with van der Waals surface area (Å²) in [6.07, 6.45) is 2.00. The Hall–Kier alpha value is -3.44. The van der Waals surface area contributed by atoms with Crippen LogP contribution in [0.2, 0.25) is 0 Å². The number of non-ortho nitro benzene ring substituents is 1. The number of hydrogen-bond donors (Lipinski definition) is 1. The molecule has 0 bridgehead atoms. The van der Waals surface area contributed by atoms with Crippen molar-refractivity contribution in [3.63, 3.8) is 0 Å². The van der Waals surface area contributed by atoms with Crippen molar-refractivity contribution in [1.82, 2.24) is 5.32 Å². The van der Waals surface area contributed by atoms with Crippen LogP contribution in [0.1, 0.15) is 17.7 Å². The number of furan rings is 1. The lowest BCUT2D eigenvalue weighted by molar-refractivity contribution is -0.384. The number of methoxy groups -OCH3 is 1. The molecule has 0 unspecified atom stereocenters. The van der Waals surface area contributed by atoms with E-state index in [-0.39, 0.29) is 11.3 Å². The van der Waals surface area contributed by atoms with E-state index < -0.39 is 10.8 Å². The number of carbonyl (C=O) groups is 1. The van der Waals surface area contributed by atoms with Gasteiger partial charge in [-0.1, -0.05) is 0 Å². The third-order valence-electron chi connectivity index (χ3n) is 3.78. The van der Waals surface area contributed by atoms with Crippen molar-refractivity contribution in [2.24, 2.45) is 0 Å². The number of nitriles is 1. The largest absolute Gasteiger partial charge is 0.457 e. The van der Waals surface area contributed by atoms with Gasteiger partial charge in [-0.05, 0) is 37.1 Å². The zero-order valence-corrected chi connectivity index (χ0v) is 15.0. The van der Waals surface area contributed by atoms with Crippen LogP contribution in [0.3, 0.4) is 0 Å². The molecule has 1 amide bonds. The van der Waals surface area contributed by atoms with Crippen LogP contribution < -0.4 is 5.32 Å². The van der Waals surface area contributed by atoms with E-state index in [9.17, 15) is 20.2 Å². The minimum absolute atomic E-state index is 0.000152. The zero-order chi connectivity index (χ0) is 19.8. The highest BCUT2D eigenvalue weighted by atomic mass is 16.6. The number of rotatable bonds is 8. The van der Waals surface area contributed by atoms with E-state index in [1.54, 1.807) is 32.2 Å². The van der Waals surface area contributed by atoms with Crippen molar-refractivity contribution in [1.29, 1.82) is 5.26 Å². The van der Waals surface area contributed by atoms with Crippen LogP contribution in [0, 0.1) is 28.4 Å². The van der Waals surface area contributed by atoms with Gasteiger partial charge < -0.3 is 14.5 Å². The fraction of sp³-hybridized carbons (Fsp3) is 0.263. The summed E-state index contributed by atoms with van der Waals surface area (Å²) in [5.74, 6) is 0.343. The van der Waals surface area contributed by atoms with Gasteiger partial charge in [-0.15, -0.1) is 0 Å². The molecule has 0 aliphatic carbocycles. The van der Waals surface area contributed by atoms with Crippen molar-refractivity contribution < 1.29 is 18.9 Å². The Morgan fingerprint density at radius 3 is 2.81 bits per heavy atom. The SMILES string of the molecule is COCCCNC(=O)/C(C#N)=C/c1ccc(-c2ccc([N+](=O)[O-])cc2C)o1. The van der Waals surface area contributed by atoms with Crippen molar-refractivity contribution in [3.05, 3.63) is 57.3 Å². The molecule has 2 aromatic rings. The van der Waals surface area contributed by atoms with Gasteiger partial charge in [0, 0.05) is 44.0 Å². The summed E-state index contributed by atoms with van der Waals surface area (Å²) >= 11 is 0. The predicted octanol–water partition coefficient (Wildman–Crippen LogP) is 3.22. The molecule has 1 N–H and O–H groups in total. The number of nitro groups is 1. The van der Waals surface area contributed by atoms with E-state index >= 15 is 0 Å². The first-order chi connectivity index (χ1) is 13.0. The average Bonchev–Trinajstić information content (AvgIpc) is 3.11. The molecule has 8 heteroatoms. The van der Waals surface area contributed by atoms with Gasteiger partial charge >= 0.3 is 0 Å². The lowest BCUT2D eigenvalue weighted by Gasteiger charge is -2.03. The van der Waals surface area contributed by atoms with E-state index in [1.165, 1.54) is 18.2 Å². The summed E-state index contributed by atoms with van der Waals surface area (Å²) < 4.78 is 10.6. The molecule has 1 heterocycles. The maximum atomic E-state index is 12.0. The molecule has 2 rings (SSSR count). The number of nitrogens with zero attached hydrogens (tertiary/aromatic N) is 2. The highest BCUT2D eigenvalue weighted by molar-refractivity contribution is 6.01. The Labute approximate surface area is 156 Å². The summed E-state index contributed by atoms with van der Waals surface area (Å²) in [6, 6.07) is 9.63. The van der Waals surface area contributed by atoms with Crippen molar-refractivity contribution in [2.75, 3.05) is 20.3 Å². The lowest BCUT2D eigenvalue weighted by Crippen LogP contribution is -2.26. The van der Waals surface area contributed by atoms with Gasteiger partial charge in [0.2, 0.25) is 0 Å². The molecule has 0 atom stereocenters. The fourth-order valence-corrected chi connectivity index (χ4v) is 2.42. The molecule has 0 saturated heterocycles. The predicted molar refractivity (Wildman–Crippen MR) is 98.6 cm³/mol. The molecule has 27 heavy (non-hydrogen) atoms. The molecule has 0 aliphatic heterocycles. The molecule has 140 valence electrons. The molecular formula is C19H19N3O5. The van der Waals surface area contributed by atoms with Gasteiger partial charge in [0.05, 0.1) is 4.92 Å². The second kappa shape index (κ2) is 9.31. The smallest absolute Gasteiger partial charge is 0.269 e. The average molecular weight is 369 g/mol. The molecule has 8 nitrogen and oxygen atoms in total. The molecule has 0 aliphatic rings. The minimum Gasteiger partial charge on any atom is -0.457 e. The van der Waals surface area contributed by atoms with Gasteiger partial charge in [0.1, 0.15) is 23.2 Å². The van der Waals surface area contributed by atoms with Gasteiger partial charge in [0.15, 0.2) is 0 Å². The second-order valence-electron chi connectivity index (χ2n) is 5.73. The third kappa shape index (κ3) is 5.26. The Morgan fingerprint density at radius 2 is 2.19 bits per heavy atom. The maximum absolute atomic E-state index is 12.0. The normalized spacial score (nSPS) is 11.1. The number of benzene rings is 1. The zero-order valence-electron chi connectivity index (χ0n) is 15.0. The quantitative estimate of drug-likeness (QED) is 0.251. The first-order valence-electron chi connectivity index (χ1n) is 8.20. The minimum atomic E-state index is -0.488. The number of amides is 1. The summed E-state index contributed by atoms with van der Waals surface area (Å²) in [5, 5.41) is 22.7. The number of aryl methyl sites for hydroxylation is 1. The van der Waals surface area contributed by atoms with Gasteiger partial charge in [-0.3, -0.25) is 14.9 Å². The van der Waals surface area contributed by atoms with Crippen LogP contribution in [0.4, 0.5) is 5.69 Å². The van der Waals surface area contributed by atoms with Crippen LogP contribution in [0.5, 0.6) is 0 Å². The number of carbonyl (C=O) groups excluding carboxylic acids is 1. The molecule has 1 aromatic carbocycles. The monoisotopic (exact) mass is 369 g/mol. The number of nitro benzene ring substituents is 1. The number of nitrogens with one attached hydrogen (secondary N) is 1. The van der Waals surface area contributed by atoms with E-state index in [4.69, 9.17) is 9.15 Å². The highest BCUT2D eigenvalue weighted by Gasteiger charge is 2.13. The van der Waals surface area contributed by atoms with Crippen molar-refractivity contribution in [3.8, 4) is 17.4 Å². The van der Waals surface area contributed by atoms with E-state index in [1.807, 2.05) is 6.07 Å². The van der Waals surface area contributed by atoms with Crippen LogP contribution in [-0.4, -0.2) is 31.1 Å². The Morgan fingerprint density at radius 1 is 1.41 bits per heavy atom. The van der Waals surface area contributed by atoms with Crippen molar-refractivity contribution in [2.45, 2.75) is 13.3 Å². The summed E-state index contributed by atoms with van der Waals surface area (Å²) in [7, 11) is 1.57. The standard InChI is InChI=1S/C19H19N3O5/c1-13-10-15(22(24)25)4-6-17(13)18-7-5-16(27-18)11-14(12-20)19(23)21-8-3-9-26-2/h4-7,10-11H,3,8-9H2,1-2H3,(H,21,23)/b14-11+. The molecular weight excluding hydrogens is 350 g/mol. The molecule has 0 fully saturated rings. The number of hydrogen-bond acceptors (Lipinski definition) is 6.